The monoisotopic (exact) mass is 288 g/mol. The molecule has 0 aliphatic carbocycles. The Kier molecular flexibility index (Phi) is 4.08. The Morgan fingerprint density at radius 1 is 1.33 bits per heavy atom. The summed E-state index contributed by atoms with van der Waals surface area (Å²) in [7, 11) is 0. The molecule has 0 bridgehead atoms. The third-order valence-corrected chi connectivity index (χ3v) is 3.44. The van der Waals surface area contributed by atoms with E-state index in [-0.39, 0.29) is 11.6 Å². The largest absolute Gasteiger partial charge is 0.444 e. The minimum absolute atomic E-state index is 0.260. The number of rotatable bonds is 1. The van der Waals surface area contributed by atoms with Gasteiger partial charge in [0.1, 0.15) is 5.60 Å². The molecule has 1 aliphatic heterocycles. The van der Waals surface area contributed by atoms with Crippen LogP contribution < -0.4 is 0 Å². The van der Waals surface area contributed by atoms with Crippen LogP contribution in [0.25, 0.3) is 5.57 Å². The van der Waals surface area contributed by atoms with E-state index in [1.54, 1.807) is 11.1 Å². The summed E-state index contributed by atoms with van der Waals surface area (Å²) in [4.78, 5) is 18.5. The Morgan fingerprint density at radius 2 is 2.05 bits per heavy atom. The highest BCUT2D eigenvalue weighted by Gasteiger charge is 2.35. The van der Waals surface area contributed by atoms with Crippen molar-refractivity contribution in [2.45, 2.75) is 52.2 Å². The summed E-state index contributed by atoms with van der Waals surface area (Å²) in [5, 5.41) is 0. The maximum atomic E-state index is 12.3. The first-order valence-corrected chi connectivity index (χ1v) is 7.33. The lowest BCUT2D eigenvalue weighted by molar-refractivity contribution is 0.00993. The molecule has 1 aromatic rings. The van der Waals surface area contributed by atoms with Crippen molar-refractivity contribution in [2.75, 3.05) is 6.54 Å². The van der Waals surface area contributed by atoms with E-state index in [1.165, 1.54) is 5.57 Å². The number of carbonyl (C=O) groups is 1. The molecule has 0 saturated heterocycles. The van der Waals surface area contributed by atoms with E-state index in [4.69, 9.17) is 4.74 Å². The van der Waals surface area contributed by atoms with E-state index in [0.29, 0.717) is 6.54 Å². The Morgan fingerprint density at radius 3 is 2.57 bits per heavy atom. The standard InChI is InChI=1S/C17H24N2O2/c1-16(2,3)21-15(20)19-11-9-13(12-17(19,4)5)14-8-6-7-10-18-14/h6-8,10,12H,9,11H2,1-5H3. The number of amides is 1. The quantitative estimate of drug-likeness (QED) is 0.787. The summed E-state index contributed by atoms with van der Waals surface area (Å²) in [6.45, 7) is 10.4. The molecular formula is C17H24N2O2. The molecule has 0 N–H and O–H groups in total. The summed E-state index contributed by atoms with van der Waals surface area (Å²) in [5.74, 6) is 0. The van der Waals surface area contributed by atoms with Gasteiger partial charge in [0, 0.05) is 12.7 Å². The number of ether oxygens (including phenoxy) is 1. The Labute approximate surface area is 126 Å². The van der Waals surface area contributed by atoms with E-state index in [2.05, 4.69) is 11.1 Å². The third-order valence-electron chi connectivity index (χ3n) is 3.44. The van der Waals surface area contributed by atoms with Gasteiger partial charge in [0.05, 0.1) is 11.2 Å². The topological polar surface area (TPSA) is 42.4 Å². The molecule has 4 nitrogen and oxygen atoms in total. The zero-order chi connectivity index (χ0) is 15.7. The fourth-order valence-electron chi connectivity index (χ4n) is 2.50. The molecule has 1 aliphatic rings. The first-order chi connectivity index (χ1) is 9.69. The predicted octanol–water partition coefficient (Wildman–Crippen LogP) is 3.88. The number of hydrogen-bond donors (Lipinski definition) is 0. The lowest BCUT2D eigenvalue weighted by Gasteiger charge is -2.41. The van der Waals surface area contributed by atoms with Crippen LogP contribution in [0.5, 0.6) is 0 Å². The van der Waals surface area contributed by atoms with Gasteiger partial charge in [0.2, 0.25) is 0 Å². The Bertz CT molecular complexity index is 542. The second-order valence-electron chi connectivity index (χ2n) is 6.92. The minimum Gasteiger partial charge on any atom is -0.444 e. The molecule has 1 amide bonds. The van der Waals surface area contributed by atoms with Crippen LogP contribution in [-0.4, -0.2) is 33.7 Å². The number of pyridine rings is 1. The maximum absolute atomic E-state index is 12.3. The average Bonchev–Trinajstić information content (AvgIpc) is 2.36. The van der Waals surface area contributed by atoms with Crippen LogP contribution in [0.3, 0.4) is 0 Å². The summed E-state index contributed by atoms with van der Waals surface area (Å²) in [5.41, 5.74) is 1.31. The predicted molar refractivity (Wildman–Crippen MR) is 83.9 cm³/mol. The van der Waals surface area contributed by atoms with Crippen molar-refractivity contribution in [2.24, 2.45) is 0 Å². The lowest BCUT2D eigenvalue weighted by atomic mass is 9.91. The fraction of sp³-hybridized carbons (Fsp3) is 0.529. The molecule has 0 spiro atoms. The zero-order valence-electron chi connectivity index (χ0n) is 13.5. The van der Waals surface area contributed by atoms with Crippen molar-refractivity contribution in [3.63, 3.8) is 0 Å². The van der Waals surface area contributed by atoms with Crippen LogP contribution in [0.1, 0.15) is 46.7 Å². The summed E-state index contributed by atoms with van der Waals surface area (Å²) < 4.78 is 5.50. The van der Waals surface area contributed by atoms with E-state index in [0.717, 1.165) is 12.1 Å². The smallest absolute Gasteiger partial charge is 0.410 e. The van der Waals surface area contributed by atoms with Gasteiger partial charge in [-0.3, -0.25) is 9.88 Å². The molecule has 0 unspecified atom stereocenters. The maximum Gasteiger partial charge on any atom is 0.410 e. The van der Waals surface area contributed by atoms with E-state index in [1.807, 2.05) is 52.8 Å². The van der Waals surface area contributed by atoms with Gasteiger partial charge in [-0.25, -0.2) is 4.79 Å². The van der Waals surface area contributed by atoms with Crippen LogP contribution in [0.15, 0.2) is 30.5 Å². The van der Waals surface area contributed by atoms with Gasteiger partial charge < -0.3 is 4.74 Å². The van der Waals surface area contributed by atoms with Crippen molar-refractivity contribution in [1.29, 1.82) is 0 Å². The van der Waals surface area contributed by atoms with Gasteiger partial charge >= 0.3 is 6.09 Å². The highest BCUT2D eigenvalue weighted by Crippen LogP contribution is 2.31. The van der Waals surface area contributed by atoms with Crippen LogP contribution in [0.2, 0.25) is 0 Å². The second kappa shape index (κ2) is 5.51. The van der Waals surface area contributed by atoms with Gasteiger partial charge in [-0.2, -0.15) is 0 Å². The van der Waals surface area contributed by atoms with Gasteiger partial charge in [-0.05, 0) is 58.7 Å². The molecule has 0 fully saturated rings. The van der Waals surface area contributed by atoms with Gasteiger partial charge in [-0.1, -0.05) is 12.1 Å². The van der Waals surface area contributed by atoms with Crippen LogP contribution >= 0.6 is 0 Å². The number of nitrogens with zero attached hydrogens (tertiary/aromatic N) is 2. The molecule has 4 heteroatoms. The number of hydrogen-bond acceptors (Lipinski definition) is 3. The van der Waals surface area contributed by atoms with E-state index < -0.39 is 5.60 Å². The zero-order valence-corrected chi connectivity index (χ0v) is 13.5. The van der Waals surface area contributed by atoms with Crippen molar-refractivity contribution in [3.05, 3.63) is 36.2 Å². The summed E-state index contributed by atoms with van der Waals surface area (Å²) in [6, 6.07) is 5.90. The third kappa shape index (κ3) is 3.84. The van der Waals surface area contributed by atoms with Gasteiger partial charge in [0.15, 0.2) is 0 Å². The van der Waals surface area contributed by atoms with Crippen molar-refractivity contribution >= 4 is 11.7 Å². The molecule has 114 valence electrons. The van der Waals surface area contributed by atoms with Gasteiger partial charge in [-0.15, -0.1) is 0 Å². The fourth-order valence-corrected chi connectivity index (χ4v) is 2.50. The molecule has 2 rings (SSSR count). The SMILES string of the molecule is CC(C)(C)OC(=O)N1CCC(c2ccccn2)=CC1(C)C. The lowest BCUT2D eigenvalue weighted by Crippen LogP contribution is -2.50. The van der Waals surface area contributed by atoms with Crippen LogP contribution in [0, 0.1) is 0 Å². The molecule has 0 aromatic carbocycles. The Balaban J connectivity index is 2.20. The molecule has 0 saturated carbocycles. The highest BCUT2D eigenvalue weighted by molar-refractivity contribution is 5.73. The molecular weight excluding hydrogens is 264 g/mol. The first-order valence-electron chi connectivity index (χ1n) is 7.33. The average molecular weight is 288 g/mol. The van der Waals surface area contributed by atoms with Crippen LogP contribution in [0.4, 0.5) is 4.79 Å². The molecule has 1 aromatic heterocycles. The molecule has 0 radical (unpaired) electrons. The first kappa shape index (κ1) is 15.5. The summed E-state index contributed by atoms with van der Waals surface area (Å²) >= 11 is 0. The second-order valence-corrected chi connectivity index (χ2v) is 6.92. The molecule has 2 heterocycles. The van der Waals surface area contributed by atoms with Gasteiger partial charge in [0.25, 0.3) is 0 Å². The summed E-state index contributed by atoms with van der Waals surface area (Å²) in [6.07, 6.45) is 4.44. The minimum atomic E-state index is -0.474. The normalized spacial score (nSPS) is 18.1. The molecule has 0 atom stereocenters. The van der Waals surface area contributed by atoms with Crippen molar-refractivity contribution in [1.82, 2.24) is 9.88 Å². The van der Waals surface area contributed by atoms with E-state index >= 15 is 0 Å². The number of carbonyl (C=O) groups excluding carboxylic acids is 1. The highest BCUT2D eigenvalue weighted by atomic mass is 16.6. The van der Waals surface area contributed by atoms with E-state index in [9.17, 15) is 4.79 Å². The van der Waals surface area contributed by atoms with Crippen LogP contribution in [-0.2, 0) is 4.74 Å². The van der Waals surface area contributed by atoms with Crippen molar-refractivity contribution in [3.8, 4) is 0 Å². The number of aromatic nitrogens is 1. The van der Waals surface area contributed by atoms with Crippen molar-refractivity contribution < 1.29 is 9.53 Å². The Hall–Kier alpha value is -1.84. The molecule has 21 heavy (non-hydrogen) atoms.